The van der Waals surface area contributed by atoms with Crippen LogP contribution in [0.1, 0.15) is 34.8 Å². The monoisotopic (exact) mass is 279 g/mol. The summed E-state index contributed by atoms with van der Waals surface area (Å²) in [5.41, 5.74) is 1.44. The van der Waals surface area contributed by atoms with Crippen LogP contribution in [0.2, 0.25) is 5.02 Å². The van der Waals surface area contributed by atoms with Crippen LogP contribution in [0.15, 0.2) is 23.8 Å². The third-order valence-corrected chi connectivity index (χ3v) is 3.86. The van der Waals surface area contributed by atoms with E-state index in [-0.39, 0.29) is 5.91 Å². The van der Waals surface area contributed by atoms with E-state index < -0.39 is 0 Å². The molecule has 0 unspecified atom stereocenters. The first-order valence-corrected chi connectivity index (χ1v) is 6.86. The number of anilines is 1. The predicted molar refractivity (Wildman–Crippen MR) is 71.3 cm³/mol. The lowest BCUT2D eigenvalue weighted by molar-refractivity contribution is 0.102. The zero-order valence-corrected chi connectivity index (χ0v) is 11.0. The molecule has 92 valence electrons. The van der Waals surface area contributed by atoms with Crippen molar-refractivity contribution in [1.29, 1.82) is 0 Å². The number of nitrogens with one attached hydrogen (secondary N) is 1. The first-order valence-electron chi connectivity index (χ1n) is 5.60. The summed E-state index contributed by atoms with van der Waals surface area (Å²) in [5, 5.41) is 5.75. The summed E-state index contributed by atoms with van der Waals surface area (Å²) in [6.45, 7) is 0. The molecule has 1 fully saturated rings. The number of amides is 1. The summed E-state index contributed by atoms with van der Waals surface area (Å²) < 4.78 is 0. The van der Waals surface area contributed by atoms with E-state index >= 15 is 0 Å². The van der Waals surface area contributed by atoms with Gasteiger partial charge in [-0.1, -0.05) is 11.6 Å². The highest BCUT2D eigenvalue weighted by Crippen LogP contribution is 2.40. The molecule has 1 aliphatic rings. The van der Waals surface area contributed by atoms with Crippen molar-refractivity contribution < 1.29 is 4.79 Å². The summed E-state index contributed by atoms with van der Waals surface area (Å²) in [4.78, 5) is 20.2. The molecule has 2 aromatic heterocycles. The number of carbonyl (C=O) groups excluding carboxylic acids is 1. The Morgan fingerprint density at radius 3 is 3.06 bits per heavy atom. The minimum Gasteiger partial charge on any atom is -0.298 e. The molecule has 0 saturated heterocycles. The molecule has 2 heterocycles. The molecule has 1 N–H and O–H groups in total. The largest absolute Gasteiger partial charge is 0.298 e. The van der Waals surface area contributed by atoms with Gasteiger partial charge < -0.3 is 0 Å². The van der Waals surface area contributed by atoms with E-state index in [2.05, 4.69) is 15.3 Å². The second-order valence-electron chi connectivity index (χ2n) is 4.16. The highest BCUT2D eigenvalue weighted by molar-refractivity contribution is 7.14. The first kappa shape index (κ1) is 11.6. The fraction of sp³-hybridized carbons (Fsp3) is 0.250. The molecule has 0 bridgehead atoms. The summed E-state index contributed by atoms with van der Waals surface area (Å²) in [6.07, 6.45) is 5.40. The van der Waals surface area contributed by atoms with E-state index in [9.17, 15) is 4.79 Å². The molecule has 1 aliphatic carbocycles. The molecule has 1 saturated carbocycles. The van der Waals surface area contributed by atoms with Crippen molar-refractivity contribution in [1.82, 2.24) is 9.97 Å². The number of nitrogens with zero attached hydrogens (tertiary/aromatic N) is 2. The van der Waals surface area contributed by atoms with Gasteiger partial charge in [0.1, 0.15) is 0 Å². The molecule has 0 aliphatic heterocycles. The molecular formula is C12H10ClN3OS. The average molecular weight is 280 g/mol. The van der Waals surface area contributed by atoms with Crippen molar-refractivity contribution in [2.45, 2.75) is 18.8 Å². The molecule has 4 nitrogen and oxygen atoms in total. The molecule has 0 atom stereocenters. The Hall–Kier alpha value is -1.46. The molecule has 0 aromatic carbocycles. The van der Waals surface area contributed by atoms with Gasteiger partial charge in [-0.2, -0.15) is 0 Å². The molecule has 6 heteroatoms. The highest BCUT2D eigenvalue weighted by atomic mass is 35.5. The number of halogens is 1. The van der Waals surface area contributed by atoms with Crippen molar-refractivity contribution in [2.75, 3.05) is 5.32 Å². The van der Waals surface area contributed by atoms with Crippen LogP contribution in [-0.4, -0.2) is 15.9 Å². The van der Waals surface area contributed by atoms with Crippen LogP contribution in [-0.2, 0) is 0 Å². The third-order valence-electron chi connectivity index (χ3n) is 2.75. The topological polar surface area (TPSA) is 54.9 Å². The van der Waals surface area contributed by atoms with E-state index in [1.54, 1.807) is 12.3 Å². The van der Waals surface area contributed by atoms with Crippen molar-refractivity contribution in [3.05, 3.63) is 40.1 Å². The Balaban J connectivity index is 1.75. The maximum atomic E-state index is 12.0. The molecule has 18 heavy (non-hydrogen) atoms. The smallest absolute Gasteiger partial charge is 0.260 e. The van der Waals surface area contributed by atoms with Crippen LogP contribution in [0.3, 0.4) is 0 Å². The SMILES string of the molecule is O=C(Nc1nc(C2CC2)cs1)c1cnccc1Cl. The minimum atomic E-state index is -0.273. The second-order valence-corrected chi connectivity index (χ2v) is 5.43. The molecule has 3 rings (SSSR count). The van der Waals surface area contributed by atoms with Crippen LogP contribution in [0.4, 0.5) is 5.13 Å². The van der Waals surface area contributed by atoms with E-state index in [0.29, 0.717) is 21.6 Å². The number of pyridine rings is 1. The van der Waals surface area contributed by atoms with E-state index in [0.717, 1.165) is 5.69 Å². The zero-order chi connectivity index (χ0) is 12.5. The Bertz CT molecular complexity index is 595. The van der Waals surface area contributed by atoms with E-state index in [1.807, 2.05) is 5.38 Å². The van der Waals surface area contributed by atoms with Crippen molar-refractivity contribution in [2.24, 2.45) is 0 Å². The van der Waals surface area contributed by atoms with Crippen LogP contribution >= 0.6 is 22.9 Å². The number of hydrogen-bond acceptors (Lipinski definition) is 4. The fourth-order valence-electron chi connectivity index (χ4n) is 1.62. The van der Waals surface area contributed by atoms with Crippen LogP contribution in [0.25, 0.3) is 0 Å². The Morgan fingerprint density at radius 1 is 1.50 bits per heavy atom. The number of thiazole rings is 1. The Labute approximate surface area is 113 Å². The summed E-state index contributed by atoms with van der Waals surface area (Å²) >= 11 is 7.37. The number of aromatic nitrogens is 2. The highest BCUT2D eigenvalue weighted by Gasteiger charge is 2.26. The second kappa shape index (κ2) is 4.66. The van der Waals surface area contributed by atoms with Crippen molar-refractivity contribution in [3.8, 4) is 0 Å². The van der Waals surface area contributed by atoms with Crippen molar-refractivity contribution in [3.63, 3.8) is 0 Å². The van der Waals surface area contributed by atoms with Gasteiger partial charge in [-0.25, -0.2) is 4.98 Å². The molecular weight excluding hydrogens is 270 g/mol. The third kappa shape index (κ3) is 2.37. The number of rotatable bonds is 3. The van der Waals surface area contributed by atoms with Crippen LogP contribution in [0.5, 0.6) is 0 Å². The lowest BCUT2D eigenvalue weighted by Crippen LogP contribution is -2.12. The van der Waals surface area contributed by atoms with Gasteiger partial charge in [-0.15, -0.1) is 11.3 Å². The fourth-order valence-corrected chi connectivity index (χ4v) is 2.60. The predicted octanol–water partition coefficient (Wildman–Crippen LogP) is 3.32. The van der Waals surface area contributed by atoms with Crippen LogP contribution < -0.4 is 5.32 Å². The molecule has 2 aromatic rings. The average Bonchev–Trinajstić information content (AvgIpc) is 3.11. The Morgan fingerprint density at radius 2 is 2.33 bits per heavy atom. The standard InChI is InChI=1S/C12H10ClN3OS/c13-9-3-4-14-5-8(9)11(17)16-12-15-10(6-18-12)7-1-2-7/h3-7H,1-2H2,(H,15,16,17). The van der Waals surface area contributed by atoms with Gasteiger partial charge in [0.25, 0.3) is 5.91 Å². The van der Waals surface area contributed by atoms with Gasteiger partial charge in [0.05, 0.1) is 16.3 Å². The lowest BCUT2D eigenvalue weighted by Gasteiger charge is -2.02. The maximum absolute atomic E-state index is 12.0. The summed E-state index contributed by atoms with van der Waals surface area (Å²) in [5.74, 6) is 0.318. The maximum Gasteiger partial charge on any atom is 0.260 e. The van der Waals surface area contributed by atoms with E-state index in [1.165, 1.54) is 30.4 Å². The van der Waals surface area contributed by atoms with Crippen molar-refractivity contribution >= 4 is 34.0 Å². The molecule has 0 radical (unpaired) electrons. The number of hydrogen-bond donors (Lipinski definition) is 1. The van der Waals surface area contributed by atoms with Gasteiger partial charge in [0, 0.05) is 23.7 Å². The quantitative estimate of drug-likeness (QED) is 0.938. The van der Waals surface area contributed by atoms with Gasteiger partial charge in [-0.3, -0.25) is 15.1 Å². The van der Waals surface area contributed by atoms with Gasteiger partial charge in [-0.05, 0) is 18.9 Å². The minimum absolute atomic E-state index is 0.273. The molecule has 0 spiro atoms. The molecule has 1 amide bonds. The van der Waals surface area contributed by atoms with E-state index in [4.69, 9.17) is 11.6 Å². The summed E-state index contributed by atoms with van der Waals surface area (Å²) in [7, 11) is 0. The van der Waals surface area contributed by atoms with Gasteiger partial charge in [0.2, 0.25) is 0 Å². The lowest BCUT2D eigenvalue weighted by atomic mass is 10.3. The number of carbonyl (C=O) groups is 1. The van der Waals surface area contributed by atoms with Crippen LogP contribution in [0, 0.1) is 0 Å². The van der Waals surface area contributed by atoms with Gasteiger partial charge in [0.15, 0.2) is 5.13 Å². The zero-order valence-electron chi connectivity index (χ0n) is 9.39. The Kier molecular flexibility index (Phi) is 3.01. The first-order chi connectivity index (χ1) is 8.74. The van der Waals surface area contributed by atoms with Gasteiger partial charge >= 0.3 is 0 Å². The summed E-state index contributed by atoms with van der Waals surface area (Å²) in [6, 6.07) is 1.59. The normalized spacial score (nSPS) is 14.5.